The van der Waals surface area contributed by atoms with E-state index in [0.717, 1.165) is 122 Å². The fourth-order valence-electron chi connectivity index (χ4n) is 8.36. The average molecular weight is 1090 g/mol. The quantitative estimate of drug-likeness (QED) is 0.0261. The molecule has 0 rings (SSSR count). The van der Waals surface area contributed by atoms with E-state index in [1.807, 2.05) is 6.08 Å². The van der Waals surface area contributed by atoms with E-state index in [0.29, 0.717) is 19.3 Å². The molecule has 1 atom stereocenters. The Morgan fingerprint density at radius 2 is 0.532 bits per heavy atom. The molecule has 0 fully saturated rings. The number of allylic oxidation sites excluding steroid dienone is 25. The molecule has 6 nitrogen and oxygen atoms in total. The van der Waals surface area contributed by atoms with Crippen molar-refractivity contribution in [3.8, 4) is 0 Å². The number of hydrogen-bond acceptors (Lipinski definition) is 6. The van der Waals surface area contributed by atoms with E-state index in [4.69, 9.17) is 14.2 Å². The normalized spacial score (nSPS) is 13.2. The zero-order chi connectivity index (χ0) is 57.1. The first-order valence-corrected chi connectivity index (χ1v) is 32.0. The third-order valence-corrected chi connectivity index (χ3v) is 13.1. The van der Waals surface area contributed by atoms with Crippen molar-refractivity contribution in [3.63, 3.8) is 0 Å². The molecule has 0 amide bonds. The molecule has 1 unspecified atom stereocenters. The Balaban J connectivity index is 4.26. The van der Waals surface area contributed by atoms with Gasteiger partial charge in [0.15, 0.2) is 6.10 Å². The second kappa shape index (κ2) is 65.5. The van der Waals surface area contributed by atoms with Gasteiger partial charge in [0, 0.05) is 12.8 Å². The summed E-state index contributed by atoms with van der Waals surface area (Å²) >= 11 is 0. The maximum atomic E-state index is 12.8. The number of carbonyl (C=O) groups is 3. The molecule has 0 bridgehead atoms. The summed E-state index contributed by atoms with van der Waals surface area (Å²) in [6.45, 7) is 6.31. The molecule has 0 saturated heterocycles. The highest BCUT2D eigenvalue weighted by Gasteiger charge is 2.19. The minimum atomic E-state index is -0.838. The fourth-order valence-corrected chi connectivity index (χ4v) is 8.36. The first-order chi connectivity index (χ1) is 39.0. The molecule has 444 valence electrons. The molecule has 0 aliphatic carbocycles. The summed E-state index contributed by atoms with van der Waals surface area (Å²) in [5.74, 6) is -1.06. The molecule has 0 aromatic carbocycles. The van der Waals surface area contributed by atoms with Gasteiger partial charge < -0.3 is 14.2 Å². The zero-order valence-electron chi connectivity index (χ0n) is 50.8. The number of carbonyl (C=O) groups excluding carboxylic acids is 3. The van der Waals surface area contributed by atoms with Crippen LogP contribution in [0.1, 0.15) is 265 Å². The molecule has 0 spiro atoms. The van der Waals surface area contributed by atoms with Crippen LogP contribution in [0.5, 0.6) is 0 Å². The number of hydrogen-bond donors (Lipinski definition) is 0. The van der Waals surface area contributed by atoms with Crippen molar-refractivity contribution in [3.05, 3.63) is 158 Å². The standard InChI is InChI=1S/C73H116O6/c1-4-7-10-13-16-19-22-24-26-27-28-29-30-31-32-33-34-35-36-37-38-39-40-41-42-43-44-45-47-48-51-54-57-60-63-66-72(75)78-69-70(68-77-71(74)65-62-59-56-53-50-21-18-15-12-9-6-3)79-73(76)67-64-61-58-55-52-49-46-25-23-20-17-14-11-8-5-2/h7-8,10-11,16-17,19-20,24-26,28-29,31-32,34-35,37-38,40-41,46,52,55,61,64,70H,4-6,9,12-15,18,21-23,27,30,33,36,39,42-45,47-51,53-54,56-60,62-63,65-69H2,1-3H3/b10-7-,11-8-,19-16-,20-17-,26-24-,29-28-,32-31-,35-34-,38-37-,41-40-,46-25-,55-52-,64-61-. The molecule has 0 heterocycles. The van der Waals surface area contributed by atoms with Crippen LogP contribution in [-0.4, -0.2) is 37.2 Å². The van der Waals surface area contributed by atoms with Gasteiger partial charge in [0.25, 0.3) is 0 Å². The van der Waals surface area contributed by atoms with Gasteiger partial charge in [0.2, 0.25) is 0 Å². The van der Waals surface area contributed by atoms with Crippen molar-refractivity contribution in [1.82, 2.24) is 0 Å². The van der Waals surface area contributed by atoms with Gasteiger partial charge in [-0.05, 0) is 109 Å². The average Bonchev–Trinajstić information content (AvgIpc) is 3.45. The van der Waals surface area contributed by atoms with E-state index in [1.165, 1.54) is 96.3 Å². The van der Waals surface area contributed by atoms with Gasteiger partial charge >= 0.3 is 17.9 Å². The second-order valence-corrected chi connectivity index (χ2v) is 20.6. The van der Waals surface area contributed by atoms with Gasteiger partial charge in [-0.15, -0.1) is 0 Å². The lowest BCUT2D eigenvalue weighted by Crippen LogP contribution is -2.30. The van der Waals surface area contributed by atoms with Gasteiger partial charge in [0.1, 0.15) is 13.2 Å². The van der Waals surface area contributed by atoms with E-state index in [9.17, 15) is 14.4 Å². The van der Waals surface area contributed by atoms with Crippen LogP contribution in [0.25, 0.3) is 0 Å². The molecule has 0 aliphatic heterocycles. The van der Waals surface area contributed by atoms with Crippen LogP contribution >= 0.6 is 0 Å². The first kappa shape index (κ1) is 74.0. The SMILES string of the molecule is CC/C=C\C/C=C\C/C=C\C/C=C\C/C=C\C/C=C\C/C=C\C/C=C\CCCCCCCCCCCCC(=O)OCC(COC(=O)CCCCCCCCCCCCC)OC(=O)C/C=C\C/C=C\C/C=C\C/C=C\C/C=C\CC. The Morgan fingerprint density at radius 1 is 0.278 bits per heavy atom. The van der Waals surface area contributed by atoms with Gasteiger partial charge in [-0.1, -0.05) is 294 Å². The van der Waals surface area contributed by atoms with Crippen LogP contribution in [0, 0.1) is 0 Å². The molecule has 0 N–H and O–H groups in total. The molecule has 6 heteroatoms. The van der Waals surface area contributed by atoms with Crippen molar-refractivity contribution in [2.75, 3.05) is 13.2 Å². The fraction of sp³-hybridized carbons (Fsp3) is 0.603. The summed E-state index contributed by atoms with van der Waals surface area (Å²) in [5.41, 5.74) is 0. The van der Waals surface area contributed by atoms with Crippen molar-refractivity contribution in [1.29, 1.82) is 0 Å². The van der Waals surface area contributed by atoms with Crippen LogP contribution in [-0.2, 0) is 28.6 Å². The summed E-state index contributed by atoms with van der Waals surface area (Å²) in [7, 11) is 0. The number of esters is 3. The Hall–Kier alpha value is -4.97. The molecular weight excluding hydrogens is 973 g/mol. The van der Waals surface area contributed by atoms with E-state index >= 15 is 0 Å². The molecule has 79 heavy (non-hydrogen) atoms. The molecular formula is C73H116O6. The predicted octanol–water partition coefficient (Wildman–Crippen LogP) is 22.1. The lowest BCUT2D eigenvalue weighted by molar-refractivity contribution is -0.166. The molecule has 0 aromatic rings. The maximum absolute atomic E-state index is 12.8. The second-order valence-electron chi connectivity index (χ2n) is 20.6. The van der Waals surface area contributed by atoms with Crippen LogP contribution in [0.3, 0.4) is 0 Å². The van der Waals surface area contributed by atoms with E-state index in [1.54, 1.807) is 6.08 Å². The van der Waals surface area contributed by atoms with Gasteiger partial charge in [0.05, 0.1) is 6.42 Å². The highest BCUT2D eigenvalue weighted by molar-refractivity contribution is 5.72. The van der Waals surface area contributed by atoms with E-state index in [2.05, 4.69) is 167 Å². The van der Waals surface area contributed by atoms with Crippen molar-refractivity contribution in [2.24, 2.45) is 0 Å². The van der Waals surface area contributed by atoms with Crippen LogP contribution in [0.2, 0.25) is 0 Å². The van der Waals surface area contributed by atoms with Crippen molar-refractivity contribution < 1.29 is 28.6 Å². The van der Waals surface area contributed by atoms with Crippen molar-refractivity contribution >= 4 is 17.9 Å². The largest absolute Gasteiger partial charge is 0.462 e. The smallest absolute Gasteiger partial charge is 0.310 e. The lowest BCUT2D eigenvalue weighted by Gasteiger charge is -2.18. The Labute approximate surface area is 486 Å². The summed E-state index contributed by atoms with van der Waals surface area (Å²) in [6.07, 6.45) is 95.7. The van der Waals surface area contributed by atoms with Crippen LogP contribution in [0.4, 0.5) is 0 Å². The van der Waals surface area contributed by atoms with E-state index < -0.39 is 12.1 Å². The minimum Gasteiger partial charge on any atom is -0.462 e. The third kappa shape index (κ3) is 63.7. The highest BCUT2D eigenvalue weighted by Crippen LogP contribution is 2.15. The summed E-state index contributed by atoms with van der Waals surface area (Å²) in [4.78, 5) is 38.1. The van der Waals surface area contributed by atoms with Gasteiger partial charge in [-0.2, -0.15) is 0 Å². The van der Waals surface area contributed by atoms with Crippen molar-refractivity contribution in [2.45, 2.75) is 271 Å². The highest BCUT2D eigenvalue weighted by atomic mass is 16.6. The minimum absolute atomic E-state index is 0.0918. The Kier molecular flexibility index (Phi) is 61.4. The van der Waals surface area contributed by atoms with Crippen LogP contribution < -0.4 is 0 Å². The molecule has 0 radical (unpaired) electrons. The summed E-state index contributed by atoms with van der Waals surface area (Å²) in [6, 6.07) is 0. The summed E-state index contributed by atoms with van der Waals surface area (Å²) < 4.78 is 16.7. The molecule has 0 aromatic heterocycles. The number of rotatable bonds is 56. The topological polar surface area (TPSA) is 78.9 Å². The summed E-state index contributed by atoms with van der Waals surface area (Å²) in [5, 5.41) is 0. The lowest BCUT2D eigenvalue weighted by atomic mass is 10.1. The molecule has 0 saturated carbocycles. The van der Waals surface area contributed by atoms with Gasteiger partial charge in [-0.3, -0.25) is 14.4 Å². The number of unbranched alkanes of at least 4 members (excludes halogenated alkanes) is 20. The maximum Gasteiger partial charge on any atom is 0.310 e. The first-order valence-electron chi connectivity index (χ1n) is 32.0. The Morgan fingerprint density at radius 3 is 0.835 bits per heavy atom. The number of ether oxygens (including phenoxy) is 3. The monoisotopic (exact) mass is 1090 g/mol. The molecule has 0 aliphatic rings. The third-order valence-electron chi connectivity index (χ3n) is 13.1. The van der Waals surface area contributed by atoms with E-state index in [-0.39, 0.29) is 31.6 Å². The zero-order valence-corrected chi connectivity index (χ0v) is 50.8. The predicted molar refractivity (Wildman–Crippen MR) is 343 cm³/mol. The Bertz CT molecular complexity index is 1780. The van der Waals surface area contributed by atoms with Crippen LogP contribution in [0.15, 0.2) is 158 Å². The van der Waals surface area contributed by atoms with Gasteiger partial charge in [-0.25, -0.2) is 0 Å².